The summed E-state index contributed by atoms with van der Waals surface area (Å²) in [5.41, 5.74) is 4.48. The summed E-state index contributed by atoms with van der Waals surface area (Å²) in [5, 5.41) is 0. The molecule has 0 spiro atoms. The maximum atomic E-state index is 15.3. The highest BCUT2D eigenvalue weighted by molar-refractivity contribution is 6.07. The molecule has 9 heteroatoms. The summed E-state index contributed by atoms with van der Waals surface area (Å²) in [4.78, 5) is 15.3. The molecule has 0 N–H and O–H groups in total. The van der Waals surface area contributed by atoms with Crippen LogP contribution in [0.4, 0.5) is 0 Å². The van der Waals surface area contributed by atoms with Crippen LogP contribution in [0.3, 0.4) is 0 Å². The zero-order valence-electron chi connectivity index (χ0n) is 32.0. The molecule has 1 atom stereocenters. The lowest BCUT2D eigenvalue weighted by Gasteiger charge is -2.27. The third-order valence-corrected chi connectivity index (χ3v) is 9.12. The Labute approximate surface area is 328 Å². The average Bonchev–Trinajstić information content (AvgIpc) is 3.26. The third kappa shape index (κ3) is 9.87. The maximum Gasteiger partial charge on any atom is 0.204 e. The third-order valence-electron chi connectivity index (χ3n) is 9.12. The van der Waals surface area contributed by atoms with E-state index in [4.69, 9.17) is 37.9 Å². The lowest BCUT2D eigenvalue weighted by atomic mass is 9.88. The van der Waals surface area contributed by atoms with Crippen molar-refractivity contribution in [2.45, 2.75) is 38.6 Å². The van der Waals surface area contributed by atoms with Crippen molar-refractivity contribution in [3.63, 3.8) is 0 Å². The predicted octanol–water partition coefficient (Wildman–Crippen LogP) is 9.61. The van der Waals surface area contributed by atoms with Gasteiger partial charge in [-0.1, -0.05) is 127 Å². The Balaban J connectivity index is 1.44. The van der Waals surface area contributed by atoms with Crippen LogP contribution in [-0.2, 0) is 35.9 Å². The Hall–Kier alpha value is -6.29. The summed E-state index contributed by atoms with van der Waals surface area (Å²) in [6, 6.07) is 46.1. The van der Waals surface area contributed by atoms with Crippen LogP contribution in [-0.4, -0.2) is 40.5 Å². The number of methoxy groups -OCH3 is 4. The highest BCUT2D eigenvalue weighted by Crippen LogP contribution is 2.48. The van der Waals surface area contributed by atoms with Gasteiger partial charge in [-0.05, 0) is 39.9 Å². The Morgan fingerprint density at radius 1 is 0.446 bits per heavy atom. The van der Waals surface area contributed by atoms with Gasteiger partial charge in [0.05, 0.1) is 20.1 Å². The van der Waals surface area contributed by atoms with Gasteiger partial charge < -0.3 is 37.9 Å². The summed E-state index contributed by atoms with van der Waals surface area (Å²) >= 11 is 0. The molecule has 0 heterocycles. The molecule has 6 aromatic rings. The number of ketones is 1. The van der Waals surface area contributed by atoms with E-state index in [-0.39, 0.29) is 42.6 Å². The van der Waals surface area contributed by atoms with E-state index in [1.165, 1.54) is 28.4 Å². The largest absolute Gasteiger partial charge is 0.493 e. The Bertz CT molecular complexity index is 2120. The lowest BCUT2D eigenvalue weighted by Crippen LogP contribution is -2.30. The molecule has 0 aliphatic rings. The normalized spacial score (nSPS) is 11.4. The topological polar surface area (TPSA) is 90.9 Å². The number of hydrogen-bond acceptors (Lipinski definition) is 9. The molecule has 0 saturated carbocycles. The van der Waals surface area contributed by atoms with Crippen LogP contribution < -0.4 is 28.4 Å². The Morgan fingerprint density at radius 3 is 1.34 bits per heavy atom. The van der Waals surface area contributed by atoms with Gasteiger partial charge in [-0.2, -0.15) is 0 Å². The van der Waals surface area contributed by atoms with Gasteiger partial charge in [0, 0.05) is 20.3 Å². The molecule has 0 saturated heterocycles. The molecule has 9 nitrogen and oxygen atoms in total. The SMILES string of the molecule is COc1cc(OCc2ccccc2)c(C(=O)C(c2ccc(OCc3ccccc3)c(OCc3ccccc3)c2)C(OC)OC)c(OC)c1OCc1ccccc1. The van der Waals surface area contributed by atoms with Crippen LogP contribution in [0.15, 0.2) is 146 Å². The monoisotopic (exact) mass is 754 g/mol. The molecular weight excluding hydrogens is 709 g/mol. The van der Waals surface area contributed by atoms with Crippen molar-refractivity contribution in [1.82, 2.24) is 0 Å². The second-order valence-corrected chi connectivity index (χ2v) is 12.8. The van der Waals surface area contributed by atoms with E-state index < -0.39 is 18.0 Å². The van der Waals surface area contributed by atoms with Crippen molar-refractivity contribution in [2.24, 2.45) is 0 Å². The van der Waals surface area contributed by atoms with Gasteiger partial charge in [-0.25, -0.2) is 0 Å². The molecule has 288 valence electrons. The van der Waals surface area contributed by atoms with Crippen molar-refractivity contribution in [3.05, 3.63) is 179 Å². The number of benzene rings is 6. The van der Waals surface area contributed by atoms with Crippen LogP contribution in [0.25, 0.3) is 0 Å². The molecule has 1 unspecified atom stereocenters. The van der Waals surface area contributed by atoms with E-state index in [0.29, 0.717) is 29.4 Å². The van der Waals surface area contributed by atoms with Crippen molar-refractivity contribution in [1.29, 1.82) is 0 Å². The standard InChI is InChI=1S/C47H46O9/c1-49-41-28-40(55-31-35-21-13-7-14-22-35)43(46(50-2)45(41)56-32-36-23-15-8-16-24-36)44(48)42(47(51-3)52-4)37-25-26-38(53-29-33-17-9-5-10-18-33)39(27-37)54-30-34-19-11-6-12-20-34/h5-28,42,47H,29-32H2,1-4H3. The van der Waals surface area contributed by atoms with E-state index in [1.807, 2.05) is 127 Å². The fraction of sp³-hybridized carbons (Fsp3) is 0.213. The first-order valence-electron chi connectivity index (χ1n) is 18.2. The van der Waals surface area contributed by atoms with E-state index in [9.17, 15) is 0 Å². The lowest BCUT2D eigenvalue weighted by molar-refractivity contribution is -0.110. The first kappa shape index (κ1) is 39.4. The number of carbonyl (C=O) groups excluding carboxylic acids is 1. The highest BCUT2D eigenvalue weighted by Gasteiger charge is 2.38. The summed E-state index contributed by atoms with van der Waals surface area (Å²) in [6.07, 6.45) is -1.02. The first-order valence-corrected chi connectivity index (χ1v) is 18.2. The second kappa shape index (κ2) is 19.9. The van der Waals surface area contributed by atoms with Crippen molar-refractivity contribution in [3.8, 4) is 34.5 Å². The number of carbonyl (C=O) groups is 1. The number of rotatable bonds is 20. The first-order chi connectivity index (χ1) is 27.5. The van der Waals surface area contributed by atoms with Gasteiger partial charge >= 0.3 is 0 Å². The van der Waals surface area contributed by atoms with E-state index in [1.54, 1.807) is 18.2 Å². The molecule has 0 aromatic heterocycles. The van der Waals surface area contributed by atoms with Crippen LogP contribution in [0.2, 0.25) is 0 Å². The summed E-state index contributed by atoms with van der Waals surface area (Å²) in [6.45, 7) is 0.958. The molecule has 0 bridgehead atoms. The van der Waals surface area contributed by atoms with Gasteiger partial charge in [-0.15, -0.1) is 0 Å². The zero-order chi connectivity index (χ0) is 39.1. The summed E-state index contributed by atoms with van der Waals surface area (Å²) in [7, 11) is 5.99. The highest BCUT2D eigenvalue weighted by atomic mass is 16.7. The van der Waals surface area contributed by atoms with Crippen LogP contribution >= 0.6 is 0 Å². The van der Waals surface area contributed by atoms with E-state index in [0.717, 1.165) is 22.3 Å². The quantitative estimate of drug-likeness (QED) is 0.0558. The van der Waals surface area contributed by atoms with Gasteiger partial charge in [0.25, 0.3) is 0 Å². The van der Waals surface area contributed by atoms with Gasteiger partial charge in [0.15, 0.2) is 35.1 Å². The summed E-state index contributed by atoms with van der Waals surface area (Å²) in [5.74, 6) is 0.480. The minimum atomic E-state index is -1.03. The fourth-order valence-electron chi connectivity index (χ4n) is 6.27. The Kier molecular flexibility index (Phi) is 14.0. The van der Waals surface area contributed by atoms with Gasteiger partial charge in [0.1, 0.15) is 37.7 Å². The predicted molar refractivity (Wildman–Crippen MR) is 214 cm³/mol. The van der Waals surface area contributed by atoms with Crippen molar-refractivity contribution >= 4 is 5.78 Å². The number of hydrogen-bond donors (Lipinski definition) is 0. The molecule has 0 radical (unpaired) electrons. The maximum absolute atomic E-state index is 15.3. The molecular formula is C47H46O9. The second-order valence-electron chi connectivity index (χ2n) is 12.8. The summed E-state index contributed by atoms with van der Waals surface area (Å²) < 4.78 is 49.0. The molecule has 0 aliphatic carbocycles. The minimum absolute atomic E-state index is 0.132. The number of ether oxygens (including phenoxy) is 8. The molecule has 6 rings (SSSR count). The van der Waals surface area contributed by atoms with Crippen LogP contribution in [0.1, 0.15) is 44.1 Å². The molecule has 0 fully saturated rings. The van der Waals surface area contributed by atoms with Crippen molar-refractivity contribution < 1.29 is 42.7 Å². The van der Waals surface area contributed by atoms with E-state index >= 15 is 4.79 Å². The van der Waals surface area contributed by atoms with Gasteiger partial charge in [-0.3, -0.25) is 4.79 Å². The smallest absolute Gasteiger partial charge is 0.204 e. The van der Waals surface area contributed by atoms with Crippen molar-refractivity contribution in [2.75, 3.05) is 28.4 Å². The molecule has 0 amide bonds. The van der Waals surface area contributed by atoms with Crippen LogP contribution in [0, 0.1) is 0 Å². The Morgan fingerprint density at radius 2 is 0.893 bits per heavy atom. The minimum Gasteiger partial charge on any atom is -0.493 e. The molecule has 56 heavy (non-hydrogen) atoms. The average molecular weight is 755 g/mol. The van der Waals surface area contributed by atoms with Crippen LogP contribution in [0.5, 0.6) is 34.5 Å². The van der Waals surface area contributed by atoms with E-state index in [2.05, 4.69) is 0 Å². The van der Waals surface area contributed by atoms with Gasteiger partial charge in [0.2, 0.25) is 5.75 Å². The fourth-order valence-corrected chi connectivity index (χ4v) is 6.27. The number of Topliss-reactive ketones (excluding diaryl/α,β-unsaturated/α-hetero) is 1. The molecule has 6 aromatic carbocycles. The molecule has 0 aliphatic heterocycles. The zero-order valence-corrected chi connectivity index (χ0v) is 32.0.